The number of fused-ring (bicyclic) bond motifs is 2. The number of benzene rings is 2. The van der Waals surface area contributed by atoms with Gasteiger partial charge in [0, 0.05) is 0 Å². The van der Waals surface area contributed by atoms with Crippen molar-refractivity contribution >= 4 is 33.5 Å². The number of para-hydroxylation sites is 1. The Morgan fingerprint density at radius 1 is 1.23 bits per heavy atom. The lowest BCUT2D eigenvalue weighted by Crippen LogP contribution is -2.43. The highest BCUT2D eigenvalue weighted by Gasteiger charge is 2.49. The highest BCUT2D eigenvalue weighted by molar-refractivity contribution is 7.18. The SMILES string of the molecule is CC(c1nc2ccccc2s1)N(C)CN1C(=O)NC(C)(c2ccc3c(c2)OCO3)C1=O. The molecule has 1 fully saturated rings. The van der Waals surface area contributed by atoms with E-state index in [-0.39, 0.29) is 25.4 Å². The third-order valence-electron chi connectivity index (χ3n) is 5.92. The Hall–Kier alpha value is -3.17. The molecule has 9 heteroatoms. The van der Waals surface area contributed by atoms with Crippen LogP contribution in [0, 0.1) is 0 Å². The lowest BCUT2D eigenvalue weighted by Gasteiger charge is -2.27. The van der Waals surface area contributed by atoms with Gasteiger partial charge >= 0.3 is 6.03 Å². The van der Waals surface area contributed by atoms with Crippen molar-refractivity contribution in [3.05, 3.63) is 53.0 Å². The molecule has 2 aromatic carbocycles. The second-order valence-electron chi connectivity index (χ2n) is 7.95. The van der Waals surface area contributed by atoms with Crippen LogP contribution in [0.3, 0.4) is 0 Å². The molecule has 1 N–H and O–H groups in total. The Balaban J connectivity index is 1.35. The van der Waals surface area contributed by atoms with E-state index in [0.29, 0.717) is 17.1 Å². The molecule has 1 saturated heterocycles. The maximum Gasteiger partial charge on any atom is 0.326 e. The van der Waals surface area contributed by atoms with Gasteiger partial charge in [-0.25, -0.2) is 14.7 Å². The Kier molecular flexibility index (Phi) is 4.60. The number of thiazole rings is 1. The number of amides is 3. The summed E-state index contributed by atoms with van der Waals surface area (Å²) in [4.78, 5) is 33.9. The van der Waals surface area contributed by atoms with Gasteiger partial charge in [0.1, 0.15) is 10.5 Å². The summed E-state index contributed by atoms with van der Waals surface area (Å²) in [5, 5.41) is 3.78. The van der Waals surface area contributed by atoms with Crippen molar-refractivity contribution in [3.63, 3.8) is 0 Å². The number of aromatic nitrogens is 1. The van der Waals surface area contributed by atoms with E-state index >= 15 is 0 Å². The minimum absolute atomic E-state index is 0.0598. The molecule has 0 bridgehead atoms. The summed E-state index contributed by atoms with van der Waals surface area (Å²) in [6.45, 7) is 4.03. The van der Waals surface area contributed by atoms with Gasteiger partial charge in [0.15, 0.2) is 11.5 Å². The second-order valence-corrected chi connectivity index (χ2v) is 9.01. The van der Waals surface area contributed by atoms with E-state index in [1.54, 1.807) is 36.5 Å². The molecule has 0 radical (unpaired) electrons. The summed E-state index contributed by atoms with van der Waals surface area (Å²) in [5.74, 6) is 0.894. The van der Waals surface area contributed by atoms with Crippen LogP contribution in [0.2, 0.25) is 0 Å². The molecule has 2 atom stereocenters. The third kappa shape index (κ3) is 3.21. The molecular formula is C22H22N4O4S. The summed E-state index contributed by atoms with van der Waals surface area (Å²) in [5.41, 5.74) is 0.436. The van der Waals surface area contributed by atoms with Gasteiger partial charge in [0.2, 0.25) is 6.79 Å². The summed E-state index contributed by atoms with van der Waals surface area (Å²) in [6.07, 6.45) is 0. The van der Waals surface area contributed by atoms with Gasteiger partial charge in [-0.2, -0.15) is 0 Å². The zero-order valence-corrected chi connectivity index (χ0v) is 18.2. The zero-order chi connectivity index (χ0) is 21.8. The van der Waals surface area contributed by atoms with Crippen LogP contribution in [0.15, 0.2) is 42.5 Å². The molecule has 2 aliphatic rings. The number of hydrogen-bond acceptors (Lipinski definition) is 7. The van der Waals surface area contributed by atoms with Crippen molar-refractivity contribution in [1.29, 1.82) is 0 Å². The first-order valence-electron chi connectivity index (χ1n) is 9.97. The van der Waals surface area contributed by atoms with Crippen molar-refractivity contribution in [2.24, 2.45) is 0 Å². The Morgan fingerprint density at radius 3 is 2.81 bits per heavy atom. The molecule has 160 valence electrons. The number of carbonyl (C=O) groups is 2. The summed E-state index contributed by atoms with van der Waals surface area (Å²) < 4.78 is 11.9. The first-order chi connectivity index (χ1) is 14.9. The van der Waals surface area contributed by atoms with E-state index in [1.807, 2.05) is 43.1 Å². The van der Waals surface area contributed by atoms with Crippen LogP contribution in [0.25, 0.3) is 10.2 Å². The zero-order valence-electron chi connectivity index (χ0n) is 17.4. The van der Waals surface area contributed by atoms with Gasteiger partial charge in [-0.1, -0.05) is 18.2 Å². The van der Waals surface area contributed by atoms with Gasteiger partial charge in [-0.15, -0.1) is 11.3 Å². The van der Waals surface area contributed by atoms with Crippen LogP contribution in [0.4, 0.5) is 4.79 Å². The highest BCUT2D eigenvalue weighted by atomic mass is 32.1. The average Bonchev–Trinajstić information content (AvgIpc) is 3.46. The van der Waals surface area contributed by atoms with Crippen LogP contribution in [0.5, 0.6) is 11.5 Å². The molecule has 31 heavy (non-hydrogen) atoms. The van der Waals surface area contributed by atoms with Gasteiger partial charge < -0.3 is 14.8 Å². The second kappa shape index (κ2) is 7.21. The van der Waals surface area contributed by atoms with Crippen LogP contribution in [0.1, 0.15) is 30.5 Å². The number of hydrogen-bond donors (Lipinski definition) is 1. The maximum absolute atomic E-state index is 13.3. The largest absolute Gasteiger partial charge is 0.454 e. The predicted octanol–water partition coefficient (Wildman–Crippen LogP) is 3.44. The minimum Gasteiger partial charge on any atom is -0.454 e. The fourth-order valence-electron chi connectivity index (χ4n) is 3.83. The van der Waals surface area contributed by atoms with Crippen molar-refractivity contribution < 1.29 is 19.1 Å². The number of nitrogens with zero attached hydrogens (tertiary/aromatic N) is 3. The average molecular weight is 439 g/mol. The predicted molar refractivity (Wildman–Crippen MR) is 116 cm³/mol. The first-order valence-corrected chi connectivity index (χ1v) is 10.8. The van der Waals surface area contributed by atoms with Gasteiger partial charge in [-0.05, 0) is 50.7 Å². The fraction of sp³-hybridized carbons (Fsp3) is 0.318. The third-order valence-corrected chi connectivity index (χ3v) is 7.13. The Morgan fingerprint density at radius 2 is 2.00 bits per heavy atom. The summed E-state index contributed by atoms with van der Waals surface area (Å²) in [7, 11) is 1.88. The molecule has 5 rings (SSSR count). The van der Waals surface area contributed by atoms with E-state index in [2.05, 4.69) is 5.32 Å². The molecule has 0 spiro atoms. The number of imide groups is 1. The first kappa shape index (κ1) is 19.8. The van der Waals surface area contributed by atoms with E-state index < -0.39 is 11.6 Å². The minimum atomic E-state index is -1.17. The molecule has 0 saturated carbocycles. The molecule has 0 aliphatic carbocycles. The monoisotopic (exact) mass is 438 g/mol. The lowest BCUT2D eigenvalue weighted by molar-refractivity contribution is -0.132. The molecule has 3 amide bonds. The van der Waals surface area contributed by atoms with Gasteiger partial charge in [-0.3, -0.25) is 9.69 Å². The molecular weight excluding hydrogens is 416 g/mol. The Labute approximate surface area is 183 Å². The molecule has 2 aliphatic heterocycles. The number of ether oxygens (including phenoxy) is 2. The number of carbonyl (C=O) groups excluding carboxylic acids is 2. The van der Waals surface area contributed by atoms with E-state index in [1.165, 1.54) is 4.90 Å². The van der Waals surface area contributed by atoms with Crippen LogP contribution < -0.4 is 14.8 Å². The van der Waals surface area contributed by atoms with Crippen LogP contribution in [-0.4, -0.2) is 47.2 Å². The number of nitrogens with one attached hydrogen (secondary N) is 1. The Bertz CT molecular complexity index is 1160. The number of rotatable bonds is 5. The highest BCUT2D eigenvalue weighted by Crippen LogP contribution is 2.38. The maximum atomic E-state index is 13.3. The fourth-order valence-corrected chi connectivity index (χ4v) is 4.92. The van der Waals surface area contributed by atoms with E-state index in [0.717, 1.165) is 15.2 Å². The molecule has 8 nitrogen and oxygen atoms in total. The summed E-state index contributed by atoms with van der Waals surface area (Å²) in [6, 6.07) is 12.8. The van der Waals surface area contributed by atoms with E-state index in [9.17, 15) is 9.59 Å². The standard InChI is InChI=1S/C22H22N4O4S/c1-13(19-23-15-6-4-5-7-18(15)31-19)25(3)11-26-20(27)22(2,24-21(26)28)14-8-9-16-17(10-14)30-12-29-16/h4-10,13H,11-12H2,1-3H3,(H,24,28). The van der Waals surface area contributed by atoms with Crippen molar-refractivity contribution in [1.82, 2.24) is 20.1 Å². The molecule has 1 aromatic heterocycles. The van der Waals surface area contributed by atoms with Crippen LogP contribution >= 0.6 is 11.3 Å². The van der Waals surface area contributed by atoms with Gasteiger partial charge in [0.25, 0.3) is 5.91 Å². The number of urea groups is 1. The normalized spacial score (nSPS) is 21.2. The van der Waals surface area contributed by atoms with Crippen molar-refractivity contribution in [2.75, 3.05) is 20.5 Å². The van der Waals surface area contributed by atoms with E-state index in [4.69, 9.17) is 14.5 Å². The lowest BCUT2D eigenvalue weighted by atomic mass is 9.92. The topological polar surface area (TPSA) is 84.0 Å². The molecule has 3 heterocycles. The smallest absolute Gasteiger partial charge is 0.326 e. The van der Waals surface area contributed by atoms with Gasteiger partial charge in [0.05, 0.1) is 22.9 Å². The molecule has 2 unspecified atom stereocenters. The summed E-state index contributed by atoms with van der Waals surface area (Å²) >= 11 is 1.62. The van der Waals surface area contributed by atoms with Crippen molar-refractivity contribution in [3.8, 4) is 11.5 Å². The quantitative estimate of drug-likeness (QED) is 0.615. The van der Waals surface area contributed by atoms with Crippen molar-refractivity contribution in [2.45, 2.75) is 25.4 Å². The van der Waals surface area contributed by atoms with Crippen LogP contribution in [-0.2, 0) is 10.3 Å². The molecule has 3 aromatic rings.